The molecule has 0 saturated carbocycles. The first-order valence-electron chi connectivity index (χ1n) is 12.3. The molecular formula is C28H34N4S. The molecule has 0 aliphatic carbocycles. The van der Waals surface area contributed by atoms with Crippen molar-refractivity contribution in [3.05, 3.63) is 58.7 Å². The highest BCUT2D eigenvalue weighted by atomic mass is 32.1. The van der Waals surface area contributed by atoms with Gasteiger partial charge in [-0.15, -0.1) is 0 Å². The highest BCUT2D eigenvalue weighted by molar-refractivity contribution is 7.09. The van der Waals surface area contributed by atoms with E-state index in [4.69, 9.17) is 9.36 Å². The molecule has 5 heteroatoms. The Morgan fingerprint density at radius 1 is 1.09 bits per heavy atom. The fraction of sp³-hybridized carbons (Fsp3) is 0.464. The van der Waals surface area contributed by atoms with E-state index >= 15 is 0 Å². The van der Waals surface area contributed by atoms with Gasteiger partial charge in [-0.25, -0.2) is 4.98 Å². The molecule has 3 aromatic rings. The first-order valence-corrected chi connectivity index (χ1v) is 13.1. The molecule has 0 spiro atoms. The van der Waals surface area contributed by atoms with Crippen LogP contribution in [-0.4, -0.2) is 33.9 Å². The highest BCUT2D eigenvalue weighted by Gasteiger charge is 2.17. The molecule has 172 valence electrons. The zero-order valence-corrected chi connectivity index (χ0v) is 20.9. The largest absolute Gasteiger partial charge is 0.303 e. The van der Waals surface area contributed by atoms with Crippen molar-refractivity contribution in [1.82, 2.24) is 14.3 Å². The minimum Gasteiger partial charge on any atom is -0.303 e. The van der Waals surface area contributed by atoms with Crippen LogP contribution in [0.4, 0.5) is 0 Å². The van der Waals surface area contributed by atoms with Gasteiger partial charge in [-0.05, 0) is 85.4 Å². The van der Waals surface area contributed by atoms with E-state index in [0.717, 1.165) is 58.9 Å². The summed E-state index contributed by atoms with van der Waals surface area (Å²) in [7, 11) is 0. The van der Waals surface area contributed by atoms with Gasteiger partial charge in [0.25, 0.3) is 0 Å². The minimum atomic E-state index is 0.519. The standard InChI is InChI=1S/C28H34N4S/c1-4-25-21(13-16-32-14-6-5-7-15-32)9-8-10-26(25)27-30-28(33-31-27)23-12-11-22(17-20(2)3)24(18-23)19-29/h8-12,18,20H,4-7,13-17H2,1-3H3. The summed E-state index contributed by atoms with van der Waals surface area (Å²) in [5.41, 5.74) is 6.75. The summed E-state index contributed by atoms with van der Waals surface area (Å²) < 4.78 is 4.73. The van der Waals surface area contributed by atoms with Gasteiger partial charge >= 0.3 is 0 Å². The number of benzene rings is 2. The molecular weight excluding hydrogens is 424 g/mol. The van der Waals surface area contributed by atoms with Crippen molar-refractivity contribution < 1.29 is 0 Å². The number of nitriles is 1. The molecule has 2 aromatic carbocycles. The molecule has 33 heavy (non-hydrogen) atoms. The van der Waals surface area contributed by atoms with Crippen LogP contribution in [0.15, 0.2) is 36.4 Å². The summed E-state index contributed by atoms with van der Waals surface area (Å²) in [5.74, 6) is 1.32. The fourth-order valence-electron chi connectivity index (χ4n) is 4.84. The number of aromatic nitrogens is 2. The van der Waals surface area contributed by atoms with Crippen LogP contribution in [0.1, 0.15) is 62.3 Å². The summed E-state index contributed by atoms with van der Waals surface area (Å²) in [6.45, 7) is 10.2. The summed E-state index contributed by atoms with van der Waals surface area (Å²) in [4.78, 5) is 7.51. The predicted octanol–water partition coefficient (Wildman–Crippen LogP) is 6.53. The van der Waals surface area contributed by atoms with Crippen molar-refractivity contribution in [2.45, 2.75) is 59.3 Å². The molecule has 0 atom stereocenters. The Morgan fingerprint density at radius 3 is 2.64 bits per heavy atom. The first kappa shape index (κ1) is 23.6. The number of hydrogen-bond acceptors (Lipinski definition) is 5. The Bertz CT molecular complexity index is 1120. The molecule has 2 heterocycles. The van der Waals surface area contributed by atoms with Gasteiger partial charge < -0.3 is 4.90 Å². The van der Waals surface area contributed by atoms with Crippen LogP contribution in [-0.2, 0) is 19.3 Å². The molecule has 1 saturated heterocycles. The van der Waals surface area contributed by atoms with E-state index in [1.807, 2.05) is 6.07 Å². The normalized spacial score (nSPS) is 14.5. The zero-order chi connectivity index (χ0) is 23.2. The second-order valence-corrected chi connectivity index (χ2v) is 10.2. The average molecular weight is 459 g/mol. The summed E-state index contributed by atoms with van der Waals surface area (Å²) in [5, 5.41) is 10.5. The van der Waals surface area contributed by atoms with Gasteiger partial charge in [0.05, 0.1) is 11.6 Å². The zero-order valence-electron chi connectivity index (χ0n) is 20.1. The Labute approximate surface area is 202 Å². The van der Waals surface area contributed by atoms with Crippen molar-refractivity contribution in [2.75, 3.05) is 19.6 Å². The van der Waals surface area contributed by atoms with Gasteiger partial charge in [-0.3, -0.25) is 0 Å². The quantitative estimate of drug-likeness (QED) is 0.385. The lowest BCUT2D eigenvalue weighted by molar-refractivity contribution is 0.231. The summed E-state index contributed by atoms with van der Waals surface area (Å²) in [6, 6.07) is 15.1. The summed E-state index contributed by atoms with van der Waals surface area (Å²) in [6.07, 6.45) is 7.00. The lowest BCUT2D eigenvalue weighted by atomic mass is 9.95. The van der Waals surface area contributed by atoms with E-state index in [1.165, 1.54) is 55.0 Å². The van der Waals surface area contributed by atoms with E-state index < -0.39 is 0 Å². The second-order valence-electron chi connectivity index (χ2n) is 9.45. The van der Waals surface area contributed by atoms with Crippen LogP contribution in [0.5, 0.6) is 0 Å². The van der Waals surface area contributed by atoms with Crippen molar-refractivity contribution in [3.63, 3.8) is 0 Å². The number of rotatable bonds is 8. The van der Waals surface area contributed by atoms with Crippen molar-refractivity contribution in [2.24, 2.45) is 5.92 Å². The Kier molecular flexibility index (Phi) is 7.90. The maximum atomic E-state index is 9.64. The molecule has 0 unspecified atom stereocenters. The minimum absolute atomic E-state index is 0.519. The molecule has 0 radical (unpaired) electrons. The Balaban J connectivity index is 1.57. The van der Waals surface area contributed by atoms with Crippen LogP contribution in [0.2, 0.25) is 0 Å². The molecule has 0 bridgehead atoms. The lowest BCUT2D eigenvalue weighted by Crippen LogP contribution is -2.31. The molecule has 0 N–H and O–H groups in total. The van der Waals surface area contributed by atoms with E-state index in [0.29, 0.717) is 5.92 Å². The van der Waals surface area contributed by atoms with Crippen molar-refractivity contribution in [1.29, 1.82) is 5.26 Å². The number of nitrogens with zero attached hydrogens (tertiary/aromatic N) is 4. The molecule has 1 fully saturated rings. The molecule has 1 aliphatic rings. The monoisotopic (exact) mass is 458 g/mol. The van der Waals surface area contributed by atoms with Crippen LogP contribution >= 0.6 is 11.5 Å². The molecule has 4 rings (SSSR count). The van der Waals surface area contributed by atoms with E-state index in [1.54, 1.807) is 0 Å². The second kappa shape index (κ2) is 11.0. The van der Waals surface area contributed by atoms with Crippen LogP contribution < -0.4 is 0 Å². The maximum Gasteiger partial charge on any atom is 0.173 e. The van der Waals surface area contributed by atoms with Crippen LogP contribution in [0.3, 0.4) is 0 Å². The topological polar surface area (TPSA) is 52.8 Å². The third kappa shape index (κ3) is 5.69. The van der Waals surface area contributed by atoms with Crippen LogP contribution in [0.25, 0.3) is 22.0 Å². The van der Waals surface area contributed by atoms with Crippen LogP contribution in [0, 0.1) is 17.2 Å². The van der Waals surface area contributed by atoms with E-state index in [-0.39, 0.29) is 0 Å². The third-order valence-corrected chi connectivity index (χ3v) is 7.31. The van der Waals surface area contributed by atoms with Gasteiger partial charge in [0, 0.05) is 17.7 Å². The summed E-state index contributed by atoms with van der Waals surface area (Å²) >= 11 is 1.42. The number of hydrogen-bond donors (Lipinski definition) is 0. The fourth-order valence-corrected chi connectivity index (χ4v) is 5.51. The number of likely N-dealkylation sites (tertiary alicyclic amines) is 1. The average Bonchev–Trinajstić information content (AvgIpc) is 3.33. The molecule has 1 aromatic heterocycles. The molecule has 4 nitrogen and oxygen atoms in total. The van der Waals surface area contributed by atoms with Crippen molar-refractivity contribution >= 4 is 11.5 Å². The van der Waals surface area contributed by atoms with Gasteiger partial charge in [0.2, 0.25) is 0 Å². The molecule has 1 aliphatic heterocycles. The Hall–Kier alpha value is -2.55. The third-order valence-electron chi connectivity index (χ3n) is 6.55. The number of piperidine rings is 1. The van der Waals surface area contributed by atoms with E-state index in [9.17, 15) is 5.26 Å². The first-order chi connectivity index (χ1) is 16.1. The maximum absolute atomic E-state index is 9.64. The van der Waals surface area contributed by atoms with Gasteiger partial charge in [0.1, 0.15) is 5.01 Å². The van der Waals surface area contributed by atoms with Gasteiger partial charge in [-0.1, -0.05) is 57.5 Å². The highest BCUT2D eigenvalue weighted by Crippen LogP contribution is 2.31. The Morgan fingerprint density at radius 2 is 1.91 bits per heavy atom. The van der Waals surface area contributed by atoms with Crippen molar-refractivity contribution in [3.8, 4) is 28.0 Å². The van der Waals surface area contributed by atoms with E-state index in [2.05, 4.69) is 62.1 Å². The predicted molar refractivity (Wildman–Crippen MR) is 137 cm³/mol. The molecule has 0 amide bonds. The smallest absolute Gasteiger partial charge is 0.173 e. The SMILES string of the molecule is CCc1c(CCN2CCCCC2)cccc1-c1nsc(-c2ccc(CC(C)C)c(C#N)c2)n1. The van der Waals surface area contributed by atoms with Gasteiger partial charge in [0.15, 0.2) is 5.82 Å². The lowest BCUT2D eigenvalue weighted by Gasteiger charge is -2.26. The van der Waals surface area contributed by atoms with Gasteiger partial charge in [-0.2, -0.15) is 9.64 Å².